The Labute approximate surface area is 77.4 Å². The average Bonchev–Trinajstić information content (AvgIpc) is 2.05. The standard InChI is InChI=1S/C10H10ClO/c1-2-4-10(12)8-5-3-6-9(11)7-8/h3,5-7H,1-2,4H2. The van der Waals surface area contributed by atoms with Crippen molar-refractivity contribution in [1.82, 2.24) is 0 Å². The number of carbonyl (C=O) groups excluding carboxylic acids is 1. The summed E-state index contributed by atoms with van der Waals surface area (Å²) in [6.07, 6.45) is 1.12. The quantitative estimate of drug-likeness (QED) is 0.655. The lowest BCUT2D eigenvalue weighted by Crippen LogP contribution is -1.97. The van der Waals surface area contributed by atoms with E-state index < -0.39 is 0 Å². The first kappa shape index (κ1) is 9.27. The Morgan fingerprint density at radius 2 is 2.25 bits per heavy atom. The van der Waals surface area contributed by atoms with Crippen LogP contribution >= 0.6 is 11.6 Å². The molecule has 1 nitrogen and oxygen atoms in total. The maximum Gasteiger partial charge on any atom is 0.162 e. The van der Waals surface area contributed by atoms with Crippen molar-refractivity contribution in [3.05, 3.63) is 41.8 Å². The number of hydrogen-bond acceptors (Lipinski definition) is 1. The van der Waals surface area contributed by atoms with Crippen LogP contribution in [-0.4, -0.2) is 5.78 Å². The zero-order valence-corrected chi connectivity index (χ0v) is 7.47. The summed E-state index contributed by atoms with van der Waals surface area (Å²) in [5.74, 6) is 0.104. The fourth-order valence-electron chi connectivity index (χ4n) is 0.967. The first-order chi connectivity index (χ1) is 5.74. The van der Waals surface area contributed by atoms with Gasteiger partial charge in [-0.3, -0.25) is 4.79 Å². The second-order valence-electron chi connectivity index (χ2n) is 2.54. The summed E-state index contributed by atoms with van der Waals surface area (Å²) < 4.78 is 0. The van der Waals surface area contributed by atoms with Gasteiger partial charge in [-0.05, 0) is 18.6 Å². The Balaban J connectivity index is 2.81. The Kier molecular flexibility index (Phi) is 3.30. The molecule has 1 rings (SSSR count). The number of halogens is 1. The number of ketones is 1. The highest BCUT2D eigenvalue weighted by Gasteiger charge is 2.03. The molecule has 0 aliphatic rings. The van der Waals surface area contributed by atoms with E-state index in [9.17, 15) is 4.79 Å². The SMILES string of the molecule is [CH2]CCC(=O)c1cccc(Cl)c1. The van der Waals surface area contributed by atoms with E-state index in [1.165, 1.54) is 0 Å². The molecule has 12 heavy (non-hydrogen) atoms. The van der Waals surface area contributed by atoms with Crippen LogP contribution in [0.3, 0.4) is 0 Å². The van der Waals surface area contributed by atoms with Crippen molar-refractivity contribution in [1.29, 1.82) is 0 Å². The second kappa shape index (κ2) is 4.27. The molecule has 0 saturated carbocycles. The molecule has 0 aliphatic carbocycles. The lowest BCUT2D eigenvalue weighted by molar-refractivity contribution is 0.0983. The maximum atomic E-state index is 11.3. The number of Topliss-reactive ketones (excluding diaryl/α,β-unsaturated/α-hetero) is 1. The molecule has 0 aliphatic heterocycles. The van der Waals surface area contributed by atoms with Crippen LogP contribution in [0.5, 0.6) is 0 Å². The molecule has 0 N–H and O–H groups in total. The van der Waals surface area contributed by atoms with E-state index in [4.69, 9.17) is 11.6 Å². The number of benzene rings is 1. The predicted molar refractivity (Wildman–Crippen MR) is 50.4 cm³/mol. The van der Waals surface area contributed by atoms with Gasteiger partial charge in [0, 0.05) is 17.0 Å². The van der Waals surface area contributed by atoms with E-state index in [0.717, 1.165) is 0 Å². The molecule has 0 saturated heterocycles. The third kappa shape index (κ3) is 2.35. The minimum atomic E-state index is 0.104. The minimum absolute atomic E-state index is 0.104. The summed E-state index contributed by atoms with van der Waals surface area (Å²) in [6, 6.07) is 6.98. The molecular formula is C10H10ClO. The van der Waals surface area contributed by atoms with Crippen molar-refractivity contribution < 1.29 is 4.79 Å². The summed E-state index contributed by atoms with van der Waals surface area (Å²) in [5.41, 5.74) is 0.672. The van der Waals surface area contributed by atoms with Gasteiger partial charge >= 0.3 is 0 Å². The smallest absolute Gasteiger partial charge is 0.162 e. The van der Waals surface area contributed by atoms with E-state index in [2.05, 4.69) is 6.92 Å². The fraction of sp³-hybridized carbons (Fsp3) is 0.200. The highest BCUT2D eigenvalue weighted by Crippen LogP contribution is 2.12. The normalized spacial score (nSPS) is 9.83. The Morgan fingerprint density at radius 1 is 1.50 bits per heavy atom. The lowest BCUT2D eigenvalue weighted by Gasteiger charge is -1.98. The molecule has 0 amide bonds. The van der Waals surface area contributed by atoms with Crippen LogP contribution in [0, 0.1) is 6.92 Å². The Bertz CT molecular complexity index is 281. The van der Waals surface area contributed by atoms with E-state index in [1.807, 2.05) is 0 Å². The zero-order valence-electron chi connectivity index (χ0n) is 6.72. The molecule has 2 heteroatoms. The third-order valence-corrected chi connectivity index (χ3v) is 1.79. The highest BCUT2D eigenvalue weighted by atomic mass is 35.5. The van der Waals surface area contributed by atoms with Gasteiger partial charge in [0.05, 0.1) is 0 Å². The van der Waals surface area contributed by atoms with Gasteiger partial charge in [0.1, 0.15) is 0 Å². The maximum absolute atomic E-state index is 11.3. The van der Waals surface area contributed by atoms with Crippen molar-refractivity contribution in [2.45, 2.75) is 12.8 Å². The molecule has 0 aromatic heterocycles. The van der Waals surface area contributed by atoms with Gasteiger partial charge in [0.2, 0.25) is 0 Å². The zero-order chi connectivity index (χ0) is 8.97. The molecule has 0 fully saturated rings. The van der Waals surface area contributed by atoms with Crippen molar-refractivity contribution in [3.63, 3.8) is 0 Å². The highest BCUT2D eigenvalue weighted by molar-refractivity contribution is 6.31. The molecule has 0 unspecified atom stereocenters. The Hall–Kier alpha value is -0.820. The van der Waals surface area contributed by atoms with Crippen LogP contribution in [0.1, 0.15) is 23.2 Å². The lowest BCUT2D eigenvalue weighted by atomic mass is 10.1. The van der Waals surface area contributed by atoms with Crippen LogP contribution in [0.2, 0.25) is 5.02 Å². The van der Waals surface area contributed by atoms with Crippen molar-refractivity contribution in [2.24, 2.45) is 0 Å². The third-order valence-electron chi connectivity index (χ3n) is 1.55. The van der Waals surface area contributed by atoms with Gasteiger partial charge in [-0.1, -0.05) is 30.7 Å². The topological polar surface area (TPSA) is 17.1 Å². The fourth-order valence-corrected chi connectivity index (χ4v) is 1.16. The van der Waals surface area contributed by atoms with Gasteiger partial charge in [-0.25, -0.2) is 0 Å². The second-order valence-corrected chi connectivity index (χ2v) is 2.97. The van der Waals surface area contributed by atoms with Gasteiger partial charge in [-0.2, -0.15) is 0 Å². The van der Waals surface area contributed by atoms with Crippen LogP contribution in [0.4, 0.5) is 0 Å². The Morgan fingerprint density at radius 3 is 2.83 bits per heavy atom. The number of hydrogen-bond donors (Lipinski definition) is 0. The molecule has 1 aromatic rings. The monoisotopic (exact) mass is 181 g/mol. The summed E-state index contributed by atoms with van der Waals surface area (Å²) in [5, 5.41) is 0.602. The molecular weight excluding hydrogens is 172 g/mol. The molecule has 63 valence electrons. The first-order valence-electron chi connectivity index (χ1n) is 3.82. The molecule has 1 radical (unpaired) electrons. The van der Waals surface area contributed by atoms with Gasteiger partial charge in [0.15, 0.2) is 5.78 Å². The molecule has 0 heterocycles. The summed E-state index contributed by atoms with van der Waals surface area (Å²) in [6.45, 7) is 3.62. The van der Waals surface area contributed by atoms with Crippen LogP contribution in [0.15, 0.2) is 24.3 Å². The van der Waals surface area contributed by atoms with Gasteiger partial charge in [0.25, 0.3) is 0 Å². The van der Waals surface area contributed by atoms with Crippen LogP contribution in [0.25, 0.3) is 0 Å². The van der Waals surface area contributed by atoms with Crippen molar-refractivity contribution in [3.8, 4) is 0 Å². The van der Waals surface area contributed by atoms with Crippen molar-refractivity contribution >= 4 is 17.4 Å². The average molecular weight is 182 g/mol. The summed E-state index contributed by atoms with van der Waals surface area (Å²) in [4.78, 5) is 11.3. The van der Waals surface area contributed by atoms with Crippen LogP contribution < -0.4 is 0 Å². The molecule has 0 atom stereocenters. The van der Waals surface area contributed by atoms with E-state index in [1.54, 1.807) is 24.3 Å². The number of rotatable bonds is 3. The largest absolute Gasteiger partial charge is 0.294 e. The van der Waals surface area contributed by atoms with E-state index in [-0.39, 0.29) is 5.78 Å². The van der Waals surface area contributed by atoms with E-state index in [0.29, 0.717) is 23.4 Å². The first-order valence-corrected chi connectivity index (χ1v) is 4.20. The molecule has 1 aromatic carbocycles. The van der Waals surface area contributed by atoms with Crippen LogP contribution in [-0.2, 0) is 0 Å². The van der Waals surface area contributed by atoms with Crippen molar-refractivity contribution in [2.75, 3.05) is 0 Å². The van der Waals surface area contributed by atoms with Gasteiger partial charge < -0.3 is 0 Å². The molecule has 0 bridgehead atoms. The number of carbonyl (C=O) groups is 1. The summed E-state index contributed by atoms with van der Waals surface area (Å²) >= 11 is 5.72. The minimum Gasteiger partial charge on any atom is -0.294 e. The van der Waals surface area contributed by atoms with E-state index >= 15 is 0 Å². The molecule has 0 spiro atoms. The predicted octanol–water partition coefficient (Wildman–Crippen LogP) is 3.14. The summed E-state index contributed by atoms with van der Waals surface area (Å²) in [7, 11) is 0. The van der Waals surface area contributed by atoms with Gasteiger partial charge in [-0.15, -0.1) is 0 Å².